The van der Waals surface area contributed by atoms with Crippen LogP contribution in [0.2, 0.25) is 0 Å². The highest BCUT2D eigenvalue weighted by Gasteiger charge is 2.10. The Morgan fingerprint density at radius 3 is 2.68 bits per heavy atom. The Labute approximate surface area is 145 Å². The SMILES string of the molecule is COc1cc(-c2cn3cccnc3n2)ccc1OCc1ccccc1. The molecule has 0 N–H and O–H groups in total. The van der Waals surface area contributed by atoms with Gasteiger partial charge in [-0.15, -0.1) is 0 Å². The number of hydrogen-bond acceptors (Lipinski definition) is 4. The van der Waals surface area contributed by atoms with Crippen LogP contribution in [0, 0.1) is 0 Å². The zero-order valence-electron chi connectivity index (χ0n) is 13.8. The first-order valence-corrected chi connectivity index (χ1v) is 7.98. The largest absolute Gasteiger partial charge is 0.493 e. The molecule has 0 saturated carbocycles. The first kappa shape index (κ1) is 15.2. The predicted molar refractivity (Wildman–Crippen MR) is 95.7 cm³/mol. The molecule has 0 aliphatic heterocycles. The Kier molecular flexibility index (Phi) is 4.04. The van der Waals surface area contributed by atoms with E-state index in [-0.39, 0.29) is 0 Å². The van der Waals surface area contributed by atoms with Gasteiger partial charge < -0.3 is 9.47 Å². The number of rotatable bonds is 5. The minimum absolute atomic E-state index is 0.495. The molecule has 5 nitrogen and oxygen atoms in total. The number of benzene rings is 2. The molecule has 2 heterocycles. The van der Waals surface area contributed by atoms with Crippen molar-refractivity contribution in [3.05, 3.63) is 78.8 Å². The van der Waals surface area contributed by atoms with Gasteiger partial charge in [-0.1, -0.05) is 30.3 Å². The molecule has 4 aromatic rings. The Morgan fingerprint density at radius 1 is 1.00 bits per heavy atom. The van der Waals surface area contributed by atoms with E-state index >= 15 is 0 Å². The molecule has 25 heavy (non-hydrogen) atoms. The van der Waals surface area contributed by atoms with E-state index in [0.29, 0.717) is 23.9 Å². The molecule has 0 fully saturated rings. The molecule has 0 radical (unpaired) electrons. The molecule has 2 aromatic heterocycles. The van der Waals surface area contributed by atoms with Crippen molar-refractivity contribution >= 4 is 5.78 Å². The number of nitrogens with zero attached hydrogens (tertiary/aromatic N) is 3. The van der Waals surface area contributed by atoms with Crippen LogP contribution in [0.3, 0.4) is 0 Å². The van der Waals surface area contributed by atoms with Crippen molar-refractivity contribution < 1.29 is 9.47 Å². The zero-order chi connectivity index (χ0) is 17.1. The third kappa shape index (κ3) is 3.17. The fourth-order valence-electron chi connectivity index (χ4n) is 2.65. The van der Waals surface area contributed by atoms with Gasteiger partial charge in [-0.2, -0.15) is 0 Å². The average Bonchev–Trinajstić information content (AvgIpc) is 3.11. The smallest absolute Gasteiger partial charge is 0.234 e. The van der Waals surface area contributed by atoms with Crippen LogP contribution >= 0.6 is 0 Å². The molecule has 0 spiro atoms. The maximum absolute atomic E-state index is 5.90. The third-order valence-corrected chi connectivity index (χ3v) is 3.93. The lowest BCUT2D eigenvalue weighted by molar-refractivity contribution is 0.284. The molecular formula is C20H17N3O2. The fraction of sp³-hybridized carbons (Fsp3) is 0.100. The minimum Gasteiger partial charge on any atom is -0.493 e. The van der Waals surface area contributed by atoms with Gasteiger partial charge in [0.25, 0.3) is 0 Å². The molecule has 124 valence electrons. The zero-order valence-corrected chi connectivity index (χ0v) is 13.8. The van der Waals surface area contributed by atoms with Gasteiger partial charge in [0.15, 0.2) is 11.5 Å². The van der Waals surface area contributed by atoms with Crippen LogP contribution in [0.1, 0.15) is 5.56 Å². The molecule has 4 rings (SSSR count). The summed E-state index contributed by atoms with van der Waals surface area (Å²) in [6, 6.07) is 17.7. The highest BCUT2D eigenvalue weighted by atomic mass is 16.5. The van der Waals surface area contributed by atoms with Crippen LogP contribution in [0.15, 0.2) is 73.2 Å². The van der Waals surface area contributed by atoms with Crippen LogP contribution in [0.25, 0.3) is 17.0 Å². The summed E-state index contributed by atoms with van der Waals surface area (Å²) in [6.07, 6.45) is 5.60. The van der Waals surface area contributed by atoms with Crippen LogP contribution in [0.4, 0.5) is 0 Å². The molecule has 0 atom stereocenters. The van der Waals surface area contributed by atoms with Crippen LogP contribution < -0.4 is 9.47 Å². The van der Waals surface area contributed by atoms with Crippen molar-refractivity contribution in [1.82, 2.24) is 14.4 Å². The molecular weight excluding hydrogens is 314 g/mol. The normalized spacial score (nSPS) is 10.8. The van der Waals surface area contributed by atoms with Gasteiger partial charge in [-0.25, -0.2) is 9.97 Å². The average molecular weight is 331 g/mol. The van der Waals surface area contributed by atoms with Gasteiger partial charge in [0.2, 0.25) is 5.78 Å². The second-order valence-corrected chi connectivity index (χ2v) is 5.59. The molecule has 0 aliphatic carbocycles. The summed E-state index contributed by atoms with van der Waals surface area (Å²) >= 11 is 0. The quantitative estimate of drug-likeness (QED) is 0.555. The van der Waals surface area contributed by atoms with Crippen LogP contribution in [0.5, 0.6) is 11.5 Å². The van der Waals surface area contributed by atoms with E-state index in [4.69, 9.17) is 9.47 Å². The highest BCUT2D eigenvalue weighted by Crippen LogP contribution is 2.32. The second kappa shape index (κ2) is 6.65. The molecule has 5 heteroatoms. The summed E-state index contributed by atoms with van der Waals surface area (Å²) in [4.78, 5) is 8.78. The van der Waals surface area contributed by atoms with Crippen molar-refractivity contribution in [2.45, 2.75) is 6.61 Å². The van der Waals surface area contributed by atoms with Crippen molar-refractivity contribution in [3.63, 3.8) is 0 Å². The first-order chi connectivity index (χ1) is 12.3. The summed E-state index contributed by atoms with van der Waals surface area (Å²) in [5.74, 6) is 2.05. The Morgan fingerprint density at radius 2 is 1.88 bits per heavy atom. The van der Waals surface area contributed by atoms with E-state index in [1.165, 1.54) is 0 Å². The van der Waals surface area contributed by atoms with E-state index in [9.17, 15) is 0 Å². The van der Waals surface area contributed by atoms with Gasteiger partial charge >= 0.3 is 0 Å². The summed E-state index contributed by atoms with van der Waals surface area (Å²) in [5.41, 5.74) is 2.90. The molecule has 0 saturated heterocycles. The lowest BCUT2D eigenvalue weighted by Crippen LogP contribution is -1.97. The van der Waals surface area contributed by atoms with E-state index in [1.54, 1.807) is 13.3 Å². The predicted octanol–water partition coefficient (Wildman–Crippen LogP) is 3.98. The number of imidazole rings is 1. The molecule has 0 bridgehead atoms. The Hall–Kier alpha value is -3.34. The number of hydrogen-bond donors (Lipinski definition) is 0. The van der Waals surface area contributed by atoms with E-state index < -0.39 is 0 Å². The van der Waals surface area contributed by atoms with Crippen molar-refractivity contribution in [1.29, 1.82) is 0 Å². The standard InChI is InChI=1S/C20H17N3O2/c1-24-19-12-16(17-13-23-11-5-10-21-20(23)22-17)8-9-18(19)25-14-15-6-3-2-4-7-15/h2-13H,14H2,1H3. The maximum atomic E-state index is 5.90. The Bertz CT molecular complexity index is 963. The third-order valence-electron chi connectivity index (χ3n) is 3.93. The Balaban J connectivity index is 1.60. The number of ether oxygens (including phenoxy) is 2. The maximum Gasteiger partial charge on any atom is 0.234 e. The van der Waals surface area contributed by atoms with Crippen LogP contribution in [-0.4, -0.2) is 21.5 Å². The van der Waals surface area contributed by atoms with E-state index in [0.717, 1.165) is 16.8 Å². The number of aromatic nitrogens is 3. The first-order valence-electron chi connectivity index (χ1n) is 7.98. The van der Waals surface area contributed by atoms with Gasteiger partial charge in [-0.3, -0.25) is 4.40 Å². The van der Waals surface area contributed by atoms with Gasteiger partial charge in [0.1, 0.15) is 6.61 Å². The summed E-state index contributed by atoms with van der Waals surface area (Å²) < 4.78 is 13.3. The fourth-order valence-corrected chi connectivity index (χ4v) is 2.65. The topological polar surface area (TPSA) is 48.7 Å². The number of methoxy groups -OCH3 is 1. The monoisotopic (exact) mass is 331 g/mol. The van der Waals surface area contributed by atoms with Crippen molar-refractivity contribution in [2.75, 3.05) is 7.11 Å². The van der Waals surface area contributed by atoms with E-state index in [2.05, 4.69) is 9.97 Å². The molecule has 0 amide bonds. The molecule has 0 unspecified atom stereocenters. The summed E-state index contributed by atoms with van der Waals surface area (Å²) in [7, 11) is 1.64. The number of fused-ring (bicyclic) bond motifs is 1. The summed E-state index contributed by atoms with van der Waals surface area (Å²) in [5, 5.41) is 0. The van der Waals surface area contributed by atoms with E-state index in [1.807, 2.05) is 71.4 Å². The lowest BCUT2D eigenvalue weighted by Gasteiger charge is -2.11. The van der Waals surface area contributed by atoms with Crippen molar-refractivity contribution in [2.24, 2.45) is 0 Å². The van der Waals surface area contributed by atoms with Gasteiger partial charge in [0.05, 0.1) is 12.8 Å². The molecule has 2 aromatic carbocycles. The highest BCUT2D eigenvalue weighted by molar-refractivity contribution is 5.65. The van der Waals surface area contributed by atoms with Gasteiger partial charge in [-0.05, 0) is 29.8 Å². The summed E-state index contributed by atoms with van der Waals surface area (Å²) in [6.45, 7) is 0.495. The van der Waals surface area contributed by atoms with Crippen LogP contribution in [-0.2, 0) is 6.61 Å². The van der Waals surface area contributed by atoms with Gasteiger partial charge in [0, 0.05) is 24.2 Å². The minimum atomic E-state index is 0.495. The second-order valence-electron chi connectivity index (χ2n) is 5.59. The lowest BCUT2D eigenvalue weighted by atomic mass is 10.1. The molecule has 0 aliphatic rings. The van der Waals surface area contributed by atoms with Crippen molar-refractivity contribution in [3.8, 4) is 22.8 Å².